The van der Waals surface area contributed by atoms with E-state index in [9.17, 15) is 9.59 Å². The molecule has 2 fully saturated rings. The predicted octanol–water partition coefficient (Wildman–Crippen LogP) is 7.38. The summed E-state index contributed by atoms with van der Waals surface area (Å²) in [5.74, 6) is 0.953. The van der Waals surface area contributed by atoms with Crippen molar-refractivity contribution in [2.24, 2.45) is 4.99 Å². The van der Waals surface area contributed by atoms with E-state index >= 15 is 0 Å². The van der Waals surface area contributed by atoms with Crippen molar-refractivity contribution in [3.63, 3.8) is 0 Å². The molecule has 3 aliphatic heterocycles. The second-order valence-electron chi connectivity index (χ2n) is 15.3. The lowest BCUT2D eigenvalue weighted by molar-refractivity contribution is -0.139. The van der Waals surface area contributed by atoms with Crippen molar-refractivity contribution in [1.29, 1.82) is 0 Å². The third kappa shape index (κ3) is 7.47. The summed E-state index contributed by atoms with van der Waals surface area (Å²) < 4.78 is 6.11. The number of likely N-dealkylation sites (tertiary alicyclic amines) is 1. The molecule has 286 valence electrons. The Kier molecular flexibility index (Phi) is 10.8. The Balaban J connectivity index is 0.901. The van der Waals surface area contributed by atoms with E-state index in [0.29, 0.717) is 19.6 Å². The highest BCUT2D eigenvalue weighted by atomic mass is 16.5. The van der Waals surface area contributed by atoms with Gasteiger partial charge in [-0.1, -0.05) is 109 Å². The number of carbonyl (C=O) groups excluding carboxylic acids is 2. The third-order valence-corrected chi connectivity index (χ3v) is 11.2. The van der Waals surface area contributed by atoms with Crippen molar-refractivity contribution in [2.45, 2.75) is 43.6 Å². The second kappa shape index (κ2) is 16.2. The van der Waals surface area contributed by atoms with E-state index in [1.807, 2.05) is 121 Å². The Morgan fingerprint density at radius 3 is 1.86 bits per heavy atom. The van der Waals surface area contributed by atoms with Crippen LogP contribution < -0.4 is 0 Å². The van der Waals surface area contributed by atoms with Crippen LogP contribution in [-0.4, -0.2) is 101 Å². The van der Waals surface area contributed by atoms with Crippen molar-refractivity contribution in [1.82, 2.24) is 29.6 Å². The fourth-order valence-electron chi connectivity index (χ4n) is 8.34. The largest absolute Gasteiger partial charge is 0.351 e. The molecule has 0 spiro atoms. The zero-order chi connectivity index (χ0) is 38.8. The lowest BCUT2D eigenvalue weighted by atomic mass is 9.97. The molecule has 56 heavy (non-hydrogen) atoms. The van der Waals surface area contributed by atoms with Crippen LogP contribution in [0.5, 0.6) is 0 Å². The van der Waals surface area contributed by atoms with Crippen LogP contribution in [0.3, 0.4) is 0 Å². The smallest absolute Gasteiger partial charge is 0.246 e. The van der Waals surface area contributed by atoms with Crippen LogP contribution in [0.4, 0.5) is 0 Å². The highest BCUT2D eigenvalue weighted by Gasteiger charge is 2.39. The number of imidazole rings is 1. The molecule has 5 aromatic rings. The molecule has 10 heteroatoms. The van der Waals surface area contributed by atoms with Crippen molar-refractivity contribution in [3.8, 4) is 22.4 Å². The summed E-state index contributed by atoms with van der Waals surface area (Å²) in [5, 5.41) is 0. The fraction of sp³-hybridized carbons (Fsp3) is 0.304. The Morgan fingerprint density at radius 2 is 1.27 bits per heavy atom. The van der Waals surface area contributed by atoms with Gasteiger partial charge in [0.15, 0.2) is 6.23 Å². The van der Waals surface area contributed by atoms with E-state index in [1.165, 1.54) is 0 Å². The van der Waals surface area contributed by atoms with Gasteiger partial charge in [0.25, 0.3) is 0 Å². The summed E-state index contributed by atoms with van der Waals surface area (Å²) in [5.41, 5.74) is 9.22. The monoisotopic (exact) mass is 747 g/mol. The van der Waals surface area contributed by atoms with Crippen LogP contribution in [0.2, 0.25) is 0 Å². The van der Waals surface area contributed by atoms with E-state index in [1.54, 1.807) is 0 Å². The number of H-pyrrole nitrogens is 1. The molecular weight excluding hydrogens is 699 g/mol. The normalized spacial score (nSPS) is 19.4. The lowest BCUT2D eigenvalue weighted by Crippen LogP contribution is -2.46. The van der Waals surface area contributed by atoms with Gasteiger partial charge in [0.05, 0.1) is 30.3 Å². The highest BCUT2D eigenvalue weighted by molar-refractivity contribution is 6.03. The van der Waals surface area contributed by atoms with Crippen molar-refractivity contribution in [2.75, 3.05) is 47.9 Å². The summed E-state index contributed by atoms with van der Waals surface area (Å²) in [6.45, 7) is 1.75. The molecular formula is C46H49N7O3. The molecule has 4 aromatic carbocycles. The minimum atomic E-state index is -0.471. The Hall–Kier alpha value is -5.68. The van der Waals surface area contributed by atoms with E-state index in [-0.39, 0.29) is 23.9 Å². The predicted molar refractivity (Wildman–Crippen MR) is 220 cm³/mol. The minimum Gasteiger partial charge on any atom is -0.351 e. The van der Waals surface area contributed by atoms with Gasteiger partial charge in [0, 0.05) is 25.7 Å². The third-order valence-electron chi connectivity index (χ3n) is 11.2. The number of nitrogens with zero attached hydrogens (tertiary/aromatic N) is 6. The van der Waals surface area contributed by atoms with Crippen molar-refractivity contribution >= 4 is 23.1 Å². The molecule has 8 rings (SSSR count). The zero-order valence-corrected chi connectivity index (χ0v) is 32.5. The van der Waals surface area contributed by atoms with E-state index in [4.69, 9.17) is 14.7 Å². The topological polar surface area (TPSA) is 97.4 Å². The Labute approximate surface area is 329 Å². The maximum Gasteiger partial charge on any atom is 0.246 e. The van der Waals surface area contributed by atoms with Crippen LogP contribution in [-0.2, 0) is 14.3 Å². The second-order valence-corrected chi connectivity index (χ2v) is 15.3. The van der Waals surface area contributed by atoms with Crippen LogP contribution in [0, 0.1) is 0 Å². The minimum absolute atomic E-state index is 0.0213. The van der Waals surface area contributed by atoms with Gasteiger partial charge in [-0.2, -0.15) is 0 Å². The van der Waals surface area contributed by atoms with E-state index in [0.717, 1.165) is 75.6 Å². The number of benzene rings is 4. The van der Waals surface area contributed by atoms with Crippen molar-refractivity contribution < 1.29 is 14.3 Å². The van der Waals surface area contributed by atoms with Gasteiger partial charge in [-0.15, -0.1) is 0 Å². The molecule has 0 unspecified atom stereocenters. The van der Waals surface area contributed by atoms with E-state index < -0.39 is 12.3 Å². The van der Waals surface area contributed by atoms with Gasteiger partial charge in [0.2, 0.25) is 11.8 Å². The number of amides is 2. The first-order valence-corrected chi connectivity index (χ1v) is 19.4. The number of aliphatic imine (C=N–C) groups is 1. The number of aromatic nitrogens is 2. The number of hydrogen-bond acceptors (Lipinski definition) is 7. The van der Waals surface area contributed by atoms with Gasteiger partial charge in [-0.05, 0) is 80.0 Å². The van der Waals surface area contributed by atoms with Crippen LogP contribution in [0.15, 0.2) is 127 Å². The standard InChI is InChI=1S/C46H49N7O3/c1-50(2)41(35-12-7-5-8-13-35)44(54)52-25-11-16-40(52)43-48-30-39(49-43)34-23-21-32(22-24-34)31-17-19-33(20-18-31)37-28-38(47-29-37)46-53(26-27-56-46)45(55)42(51(3)4)36-14-9-6-10-15-36/h5-10,12-15,17-24,29-30,40-42,46H,11,16,25-28H2,1-4H3,(H,48,49)/t40-,41+,42+,46-/m0/s1. The highest BCUT2D eigenvalue weighted by Crippen LogP contribution is 2.36. The number of ether oxygens (including phenoxy) is 1. The number of allylic oxidation sites excluding steroid dienone is 1. The number of hydrogen-bond donors (Lipinski definition) is 1. The van der Waals surface area contributed by atoms with Gasteiger partial charge in [-0.25, -0.2) is 4.98 Å². The molecule has 1 aromatic heterocycles. The number of likely N-dealkylation sites (N-methyl/N-ethyl adjacent to an activating group) is 2. The average molecular weight is 748 g/mol. The Morgan fingerprint density at radius 1 is 0.714 bits per heavy atom. The number of carbonyl (C=O) groups is 2. The summed E-state index contributed by atoms with van der Waals surface area (Å²) in [6.07, 6.45) is 5.77. The molecule has 0 saturated carbocycles. The summed E-state index contributed by atoms with van der Waals surface area (Å²) in [4.78, 5) is 48.6. The molecule has 0 aliphatic carbocycles. The SMILES string of the molecule is CN(C)[C@@H](C(=O)N1CCO[C@H]1C1=NC=C(c2ccc(-c3ccc(-c4cnc([C@@H]5CCCN5C(=O)[C@@H](c5ccccc5)N(C)C)[nH]4)cc3)cc2)C1)c1ccccc1. The molecule has 0 radical (unpaired) electrons. The van der Waals surface area contributed by atoms with E-state index in [2.05, 4.69) is 53.5 Å². The van der Waals surface area contributed by atoms with Crippen LogP contribution >= 0.6 is 0 Å². The molecule has 3 aliphatic rings. The molecule has 4 heterocycles. The van der Waals surface area contributed by atoms with Crippen LogP contribution in [0.1, 0.15) is 59.9 Å². The Bertz CT molecular complexity index is 2210. The number of aromatic amines is 1. The first-order valence-electron chi connectivity index (χ1n) is 19.4. The van der Waals surface area contributed by atoms with Crippen LogP contribution in [0.25, 0.3) is 28.0 Å². The maximum absolute atomic E-state index is 13.9. The molecule has 0 bridgehead atoms. The maximum atomic E-state index is 13.9. The molecule has 10 nitrogen and oxygen atoms in total. The first-order chi connectivity index (χ1) is 27.3. The fourth-order valence-corrected chi connectivity index (χ4v) is 8.34. The van der Waals surface area contributed by atoms with Crippen molar-refractivity contribution in [3.05, 3.63) is 144 Å². The number of rotatable bonds is 11. The van der Waals surface area contributed by atoms with Gasteiger partial charge in [0.1, 0.15) is 17.9 Å². The molecule has 4 atom stereocenters. The summed E-state index contributed by atoms with van der Waals surface area (Å²) in [6, 6.07) is 36.1. The van der Waals surface area contributed by atoms with Gasteiger partial charge in [-0.3, -0.25) is 24.4 Å². The average Bonchev–Trinajstić information content (AvgIpc) is 4.06. The first kappa shape index (κ1) is 37.3. The quantitative estimate of drug-likeness (QED) is 0.152. The lowest BCUT2D eigenvalue weighted by Gasteiger charge is -2.31. The number of nitrogens with one attached hydrogen (secondary N) is 1. The molecule has 2 amide bonds. The van der Waals surface area contributed by atoms with Gasteiger partial charge < -0.3 is 19.5 Å². The molecule has 2 saturated heterocycles. The summed E-state index contributed by atoms with van der Waals surface area (Å²) in [7, 11) is 7.79. The zero-order valence-electron chi connectivity index (χ0n) is 32.5. The molecule has 1 N–H and O–H groups in total. The van der Waals surface area contributed by atoms with Gasteiger partial charge >= 0.3 is 0 Å². The summed E-state index contributed by atoms with van der Waals surface area (Å²) >= 11 is 0.